The van der Waals surface area contributed by atoms with Crippen molar-refractivity contribution in [3.63, 3.8) is 0 Å². The van der Waals surface area contributed by atoms with Crippen LogP contribution >= 0.6 is 0 Å². The molecule has 0 atom stereocenters. The van der Waals surface area contributed by atoms with Crippen LogP contribution in [0.3, 0.4) is 0 Å². The van der Waals surface area contributed by atoms with Crippen molar-refractivity contribution in [2.75, 3.05) is 6.61 Å². The quantitative estimate of drug-likeness (QED) is 0.387. The molecule has 1 aromatic carbocycles. The molecule has 8 nitrogen and oxygen atoms in total. The Morgan fingerprint density at radius 1 is 1.04 bits per heavy atom. The molecule has 0 aromatic heterocycles. The highest BCUT2D eigenvalue weighted by molar-refractivity contribution is 5.82. The van der Waals surface area contributed by atoms with Gasteiger partial charge in [-0.3, -0.25) is 30.6 Å². The lowest BCUT2D eigenvalue weighted by atomic mass is 10.1. The molecule has 0 heterocycles. The standard InChI is InChI=1S/C16H23N3O5/c1-2-3-4-5-6-7-15(20)17-18-16(21)12-24-14-10-8-13(9-11-14)19(22)23/h8-11H,2-7,12H2,1H3,(H,17,20)(H,18,21). The molecule has 0 unspecified atom stereocenters. The number of hydrogen-bond acceptors (Lipinski definition) is 5. The van der Waals surface area contributed by atoms with E-state index in [1.165, 1.54) is 30.7 Å². The van der Waals surface area contributed by atoms with E-state index in [1.807, 2.05) is 0 Å². The lowest BCUT2D eigenvalue weighted by Crippen LogP contribution is -2.43. The number of unbranched alkanes of at least 4 members (excludes halogenated alkanes) is 4. The minimum atomic E-state index is -0.520. The molecule has 132 valence electrons. The fourth-order valence-electron chi connectivity index (χ4n) is 1.94. The molecule has 2 N–H and O–H groups in total. The number of amides is 2. The van der Waals surface area contributed by atoms with Gasteiger partial charge in [0.15, 0.2) is 6.61 Å². The topological polar surface area (TPSA) is 111 Å². The number of benzene rings is 1. The molecule has 24 heavy (non-hydrogen) atoms. The Bertz CT molecular complexity index is 545. The molecule has 0 saturated carbocycles. The third-order valence-corrected chi connectivity index (χ3v) is 3.27. The normalized spacial score (nSPS) is 10.0. The Hall–Kier alpha value is -2.64. The van der Waals surface area contributed by atoms with Crippen molar-refractivity contribution < 1.29 is 19.2 Å². The van der Waals surface area contributed by atoms with Crippen LogP contribution in [0.1, 0.15) is 45.4 Å². The maximum Gasteiger partial charge on any atom is 0.276 e. The lowest BCUT2D eigenvalue weighted by Gasteiger charge is -2.08. The van der Waals surface area contributed by atoms with Gasteiger partial charge in [0, 0.05) is 18.6 Å². The summed E-state index contributed by atoms with van der Waals surface area (Å²) in [4.78, 5) is 33.1. The van der Waals surface area contributed by atoms with Gasteiger partial charge < -0.3 is 4.74 Å². The van der Waals surface area contributed by atoms with Crippen LogP contribution in [-0.2, 0) is 9.59 Å². The summed E-state index contributed by atoms with van der Waals surface area (Å²) < 4.78 is 5.17. The van der Waals surface area contributed by atoms with Crippen molar-refractivity contribution in [2.45, 2.75) is 45.4 Å². The first-order valence-electron chi connectivity index (χ1n) is 7.98. The number of nitro groups is 1. The summed E-state index contributed by atoms with van der Waals surface area (Å²) >= 11 is 0. The summed E-state index contributed by atoms with van der Waals surface area (Å²) in [6.45, 7) is 1.83. The largest absolute Gasteiger partial charge is 0.484 e. The van der Waals surface area contributed by atoms with Crippen molar-refractivity contribution >= 4 is 17.5 Å². The van der Waals surface area contributed by atoms with Crippen molar-refractivity contribution in [1.82, 2.24) is 10.9 Å². The molecular formula is C16H23N3O5. The molecule has 0 fully saturated rings. The lowest BCUT2D eigenvalue weighted by molar-refractivity contribution is -0.384. The summed E-state index contributed by atoms with van der Waals surface area (Å²) in [5.41, 5.74) is 4.53. The van der Waals surface area contributed by atoms with E-state index < -0.39 is 10.8 Å². The summed E-state index contributed by atoms with van der Waals surface area (Å²) in [6, 6.07) is 5.38. The number of non-ortho nitro benzene ring substituents is 1. The molecule has 0 spiro atoms. The summed E-state index contributed by atoms with van der Waals surface area (Å²) in [6.07, 6.45) is 5.58. The zero-order valence-electron chi connectivity index (χ0n) is 13.7. The smallest absolute Gasteiger partial charge is 0.276 e. The number of rotatable bonds is 10. The van der Waals surface area contributed by atoms with Crippen LogP contribution in [0.25, 0.3) is 0 Å². The number of carbonyl (C=O) groups excluding carboxylic acids is 2. The van der Waals surface area contributed by atoms with Crippen LogP contribution in [0.15, 0.2) is 24.3 Å². The van der Waals surface area contributed by atoms with Crippen LogP contribution in [0.5, 0.6) is 5.75 Å². The van der Waals surface area contributed by atoms with Crippen LogP contribution in [0, 0.1) is 10.1 Å². The first-order chi connectivity index (χ1) is 11.5. The zero-order valence-corrected chi connectivity index (χ0v) is 13.7. The van der Waals surface area contributed by atoms with Gasteiger partial charge in [0.25, 0.3) is 11.6 Å². The molecular weight excluding hydrogens is 314 g/mol. The maximum atomic E-state index is 11.6. The van der Waals surface area contributed by atoms with Crippen LogP contribution in [0.4, 0.5) is 5.69 Å². The highest BCUT2D eigenvalue weighted by Gasteiger charge is 2.07. The van der Waals surface area contributed by atoms with Gasteiger partial charge in [0.2, 0.25) is 5.91 Å². The third-order valence-electron chi connectivity index (χ3n) is 3.27. The molecule has 1 rings (SSSR count). The molecule has 0 saturated heterocycles. The highest BCUT2D eigenvalue weighted by Crippen LogP contribution is 2.16. The zero-order chi connectivity index (χ0) is 17.8. The van der Waals surface area contributed by atoms with Gasteiger partial charge in [-0.2, -0.15) is 0 Å². The number of carbonyl (C=O) groups is 2. The number of nitrogens with one attached hydrogen (secondary N) is 2. The van der Waals surface area contributed by atoms with Gasteiger partial charge in [-0.15, -0.1) is 0 Å². The molecule has 0 aliphatic rings. The van der Waals surface area contributed by atoms with Crippen molar-refractivity contribution in [2.24, 2.45) is 0 Å². The van der Waals surface area contributed by atoms with Crippen molar-refractivity contribution in [1.29, 1.82) is 0 Å². The second kappa shape index (κ2) is 11.0. The van der Waals surface area contributed by atoms with E-state index in [9.17, 15) is 19.7 Å². The molecule has 2 amide bonds. The molecule has 8 heteroatoms. The number of nitro benzene ring substituents is 1. The van der Waals surface area contributed by atoms with Gasteiger partial charge in [-0.05, 0) is 18.6 Å². The van der Waals surface area contributed by atoms with Gasteiger partial charge >= 0.3 is 0 Å². The Morgan fingerprint density at radius 3 is 2.29 bits per heavy atom. The van der Waals surface area contributed by atoms with E-state index in [4.69, 9.17) is 4.74 Å². The van der Waals surface area contributed by atoms with E-state index in [0.29, 0.717) is 12.2 Å². The van der Waals surface area contributed by atoms with E-state index in [2.05, 4.69) is 17.8 Å². The second-order valence-corrected chi connectivity index (χ2v) is 5.30. The van der Waals surface area contributed by atoms with Gasteiger partial charge in [0.05, 0.1) is 4.92 Å². The first-order valence-corrected chi connectivity index (χ1v) is 7.98. The first kappa shape index (κ1) is 19.4. The van der Waals surface area contributed by atoms with E-state index >= 15 is 0 Å². The second-order valence-electron chi connectivity index (χ2n) is 5.30. The van der Waals surface area contributed by atoms with Gasteiger partial charge in [-0.1, -0.05) is 32.6 Å². The number of hydrogen-bond donors (Lipinski definition) is 2. The van der Waals surface area contributed by atoms with E-state index in [1.54, 1.807) is 0 Å². The van der Waals surface area contributed by atoms with Crippen molar-refractivity contribution in [3.8, 4) is 5.75 Å². The molecule has 0 aliphatic heterocycles. The van der Waals surface area contributed by atoms with Crippen LogP contribution < -0.4 is 15.6 Å². The number of ether oxygens (including phenoxy) is 1. The van der Waals surface area contributed by atoms with Crippen LogP contribution in [0.2, 0.25) is 0 Å². The average Bonchev–Trinajstić information content (AvgIpc) is 2.58. The van der Waals surface area contributed by atoms with E-state index in [-0.39, 0.29) is 18.2 Å². The predicted molar refractivity (Wildman–Crippen MR) is 88.3 cm³/mol. The number of hydrazine groups is 1. The SMILES string of the molecule is CCCCCCCC(=O)NNC(=O)COc1ccc([N+](=O)[O-])cc1. The summed E-state index contributed by atoms with van der Waals surface area (Å²) in [5, 5.41) is 10.5. The number of nitrogens with zero attached hydrogens (tertiary/aromatic N) is 1. The maximum absolute atomic E-state index is 11.6. The van der Waals surface area contributed by atoms with Gasteiger partial charge in [-0.25, -0.2) is 0 Å². The monoisotopic (exact) mass is 337 g/mol. The van der Waals surface area contributed by atoms with E-state index in [0.717, 1.165) is 25.7 Å². The molecule has 0 radical (unpaired) electrons. The van der Waals surface area contributed by atoms with Gasteiger partial charge in [0.1, 0.15) is 5.75 Å². The average molecular weight is 337 g/mol. The predicted octanol–water partition coefficient (Wildman–Crippen LogP) is 2.48. The van der Waals surface area contributed by atoms with Crippen LogP contribution in [-0.4, -0.2) is 23.3 Å². The fraction of sp³-hybridized carbons (Fsp3) is 0.500. The highest BCUT2D eigenvalue weighted by atomic mass is 16.6. The van der Waals surface area contributed by atoms with Crippen molar-refractivity contribution in [3.05, 3.63) is 34.4 Å². The Morgan fingerprint density at radius 2 is 1.67 bits per heavy atom. The Kier molecular flexibility index (Phi) is 8.88. The summed E-state index contributed by atoms with van der Waals surface area (Å²) in [7, 11) is 0. The fourth-order valence-corrected chi connectivity index (χ4v) is 1.94. The summed E-state index contributed by atoms with van der Waals surface area (Å²) in [5.74, 6) is -0.416. The molecule has 1 aromatic rings. The Labute approximate surface area is 140 Å². The third kappa shape index (κ3) is 8.11. The minimum Gasteiger partial charge on any atom is -0.484 e. The molecule has 0 bridgehead atoms. The molecule has 0 aliphatic carbocycles. The minimum absolute atomic E-state index is 0.0574. The Balaban J connectivity index is 2.17.